The van der Waals surface area contributed by atoms with Gasteiger partial charge in [-0.1, -0.05) is 30.7 Å². The molecule has 0 saturated heterocycles. The summed E-state index contributed by atoms with van der Waals surface area (Å²) in [5.41, 5.74) is 0. The zero-order chi connectivity index (χ0) is 13.4. The predicted molar refractivity (Wildman–Crippen MR) is 70.9 cm³/mol. The fourth-order valence-electron chi connectivity index (χ4n) is 1.28. The minimum atomic E-state index is -0.488. The summed E-state index contributed by atoms with van der Waals surface area (Å²) in [6.07, 6.45) is 0.372. The Bertz CT molecular complexity index is 384. The Morgan fingerprint density at radius 3 is 2.89 bits per heavy atom. The van der Waals surface area contributed by atoms with Gasteiger partial charge in [-0.15, -0.1) is 0 Å². The van der Waals surface area contributed by atoms with Crippen molar-refractivity contribution in [3.8, 4) is 5.75 Å². The van der Waals surface area contributed by atoms with Gasteiger partial charge in [0.15, 0.2) is 0 Å². The van der Waals surface area contributed by atoms with E-state index in [9.17, 15) is 9.90 Å². The second-order valence-corrected chi connectivity index (χ2v) is 4.30. The fourth-order valence-corrected chi connectivity index (χ4v) is 1.47. The standard InChI is InChI=1S/C13H18ClNO3/c1-2-10(16)9-15-13(17)7-8-18-12-6-4-3-5-11(12)14/h3-6,10,16H,2,7-9H2,1H3,(H,15,17). The number of carbonyl (C=O) groups is 1. The molecule has 18 heavy (non-hydrogen) atoms. The van der Waals surface area contributed by atoms with Gasteiger partial charge in [-0.3, -0.25) is 4.79 Å². The number of benzene rings is 1. The van der Waals surface area contributed by atoms with Gasteiger partial charge >= 0.3 is 0 Å². The largest absolute Gasteiger partial charge is 0.491 e. The van der Waals surface area contributed by atoms with Crippen LogP contribution in [0.25, 0.3) is 0 Å². The molecule has 0 aliphatic rings. The van der Waals surface area contributed by atoms with Gasteiger partial charge in [0.05, 0.1) is 24.2 Å². The topological polar surface area (TPSA) is 58.6 Å². The number of para-hydroxylation sites is 1. The molecule has 0 aliphatic carbocycles. The fraction of sp³-hybridized carbons (Fsp3) is 0.462. The highest BCUT2D eigenvalue weighted by atomic mass is 35.5. The molecule has 0 bridgehead atoms. The number of hydrogen-bond donors (Lipinski definition) is 2. The minimum absolute atomic E-state index is 0.144. The number of halogens is 1. The summed E-state index contributed by atoms with van der Waals surface area (Å²) in [6, 6.07) is 7.11. The van der Waals surface area contributed by atoms with Gasteiger partial charge in [-0.2, -0.15) is 0 Å². The van der Waals surface area contributed by atoms with Crippen LogP contribution < -0.4 is 10.1 Å². The highest BCUT2D eigenvalue weighted by Crippen LogP contribution is 2.22. The molecule has 0 radical (unpaired) electrons. The quantitative estimate of drug-likeness (QED) is 0.797. The summed E-state index contributed by atoms with van der Waals surface area (Å²) in [4.78, 5) is 11.4. The first-order chi connectivity index (χ1) is 8.63. The molecule has 0 fully saturated rings. The second kappa shape index (κ2) is 7.95. The molecule has 1 aromatic rings. The lowest BCUT2D eigenvalue weighted by atomic mass is 10.3. The van der Waals surface area contributed by atoms with Gasteiger partial charge in [0.25, 0.3) is 0 Å². The molecule has 0 saturated carbocycles. The molecule has 0 aliphatic heterocycles. The Morgan fingerprint density at radius 1 is 1.50 bits per heavy atom. The maximum absolute atomic E-state index is 11.4. The minimum Gasteiger partial charge on any atom is -0.491 e. The SMILES string of the molecule is CCC(O)CNC(=O)CCOc1ccccc1Cl. The molecule has 0 heterocycles. The summed E-state index contributed by atoms with van der Waals surface area (Å²) in [5.74, 6) is 0.426. The summed E-state index contributed by atoms with van der Waals surface area (Å²) < 4.78 is 5.39. The van der Waals surface area contributed by atoms with Gasteiger partial charge in [0.1, 0.15) is 5.75 Å². The van der Waals surface area contributed by atoms with Crippen LogP contribution in [0, 0.1) is 0 Å². The second-order valence-electron chi connectivity index (χ2n) is 3.90. The average Bonchev–Trinajstić information content (AvgIpc) is 2.38. The van der Waals surface area contributed by atoms with E-state index >= 15 is 0 Å². The highest BCUT2D eigenvalue weighted by molar-refractivity contribution is 6.32. The summed E-state index contributed by atoms with van der Waals surface area (Å²) in [7, 11) is 0. The van der Waals surface area contributed by atoms with Gasteiger partial charge in [-0.25, -0.2) is 0 Å². The number of hydrogen-bond acceptors (Lipinski definition) is 3. The van der Waals surface area contributed by atoms with Gasteiger partial charge in [0.2, 0.25) is 5.91 Å². The van der Waals surface area contributed by atoms with Crippen molar-refractivity contribution in [2.24, 2.45) is 0 Å². The van der Waals surface area contributed by atoms with Crippen LogP contribution in [0.5, 0.6) is 5.75 Å². The Balaban J connectivity index is 2.22. The van der Waals surface area contributed by atoms with Crippen molar-refractivity contribution in [2.45, 2.75) is 25.9 Å². The normalized spacial score (nSPS) is 11.9. The zero-order valence-electron chi connectivity index (χ0n) is 10.4. The molecule has 1 rings (SSSR count). The van der Waals surface area contributed by atoms with Crippen molar-refractivity contribution < 1.29 is 14.6 Å². The van der Waals surface area contributed by atoms with Crippen LogP contribution in [-0.2, 0) is 4.79 Å². The third-order valence-corrected chi connectivity index (χ3v) is 2.74. The molecule has 1 unspecified atom stereocenters. The first kappa shape index (κ1) is 14.8. The maximum atomic E-state index is 11.4. The lowest BCUT2D eigenvalue weighted by Gasteiger charge is -2.10. The first-order valence-corrected chi connectivity index (χ1v) is 6.33. The van der Waals surface area contributed by atoms with Crippen molar-refractivity contribution >= 4 is 17.5 Å². The van der Waals surface area contributed by atoms with E-state index in [2.05, 4.69) is 5.32 Å². The van der Waals surface area contributed by atoms with Crippen LogP contribution in [0.1, 0.15) is 19.8 Å². The molecular formula is C13H18ClNO3. The van der Waals surface area contributed by atoms with Gasteiger partial charge < -0.3 is 15.2 Å². The molecule has 100 valence electrons. The molecule has 1 atom stereocenters. The van der Waals surface area contributed by atoms with E-state index in [1.54, 1.807) is 12.1 Å². The van der Waals surface area contributed by atoms with Crippen LogP contribution in [0.4, 0.5) is 0 Å². The molecule has 4 nitrogen and oxygen atoms in total. The van der Waals surface area contributed by atoms with Gasteiger partial charge in [-0.05, 0) is 18.6 Å². The molecule has 0 spiro atoms. The number of amides is 1. The van der Waals surface area contributed by atoms with Crippen LogP contribution in [0.15, 0.2) is 24.3 Å². The average molecular weight is 272 g/mol. The van der Waals surface area contributed by atoms with E-state index in [1.165, 1.54) is 0 Å². The number of carbonyl (C=O) groups excluding carboxylic acids is 1. The van der Waals surface area contributed by atoms with E-state index in [4.69, 9.17) is 16.3 Å². The van der Waals surface area contributed by atoms with E-state index in [1.807, 2.05) is 19.1 Å². The number of ether oxygens (including phenoxy) is 1. The van der Waals surface area contributed by atoms with Crippen molar-refractivity contribution in [1.29, 1.82) is 0 Å². The third-order valence-electron chi connectivity index (χ3n) is 2.43. The first-order valence-electron chi connectivity index (χ1n) is 5.95. The van der Waals surface area contributed by atoms with Crippen LogP contribution in [-0.4, -0.2) is 30.3 Å². The molecule has 1 aromatic carbocycles. The number of nitrogens with one attached hydrogen (secondary N) is 1. The number of aliphatic hydroxyl groups excluding tert-OH is 1. The van der Waals surface area contributed by atoms with E-state index in [0.29, 0.717) is 17.2 Å². The molecule has 2 N–H and O–H groups in total. The smallest absolute Gasteiger partial charge is 0.223 e. The van der Waals surface area contributed by atoms with Crippen molar-refractivity contribution in [3.63, 3.8) is 0 Å². The monoisotopic (exact) mass is 271 g/mol. The Kier molecular flexibility index (Phi) is 6.54. The lowest BCUT2D eigenvalue weighted by molar-refractivity contribution is -0.122. The summed E-state index contributed by atoms with van der Waals surface area (Å²) >= 11 is 5.90. The molecule has 1 amide bonds. The highest BCUT2D eigenvalue weighted by Gasteiger charge is 2.06. The zero-order valence-corrected chi connectivity index (χ0v) is 11.1. The predicted octanol–water partition coefficient (Wildman–Crippen LogP) is 2.00. The summed E-state index contributed by atoms with van der Waals surface area (Å²) in [5, 5.41) is 12.4. The Morgan fingerprint density at radius 2 is 2.22 bits per heavy atom. The Hall–Kier alpha value is -1.26. The van der Waals surface area contributed by atoms with E-state index in [-0.39, 0.29) is 25.5 Å². The van der Waals surface area contributed by atoms with Crippen LogP contribution in [0.2, 0.25) is 5.02 Å². The third kappa shape index (κ3) is 5.38. The maximum Gasteiger partial charge on any atom is 0.223 e. The van der Waals surface area contributed by atoms with Crippen LogP contribution >= 0.6 is 11.6 Å². The van der Waals surface area contributed by atoms with Crippen molar-refractivity contribution in [2.75, 3.05) is 13.2 Å². The van der Waals surface area contributed by atoms with Crippen molar-refractivity contribution in [1.82, 2.24) is 5.32 Å². The number of rotatable bonds is 7. The Labute approximate surface area is 112 Å². The molecule has 0 aromatic heterocycles. The van der Waals surface area contributed by atoms with E-state index < -0.39 is 6.10 Å². The van der Waals surface area contributed by atoms with E-state index in [0.717, 1.165) is 0 Å². The van der Waals surface area contributed by atoms with Gasteiger partial charge in [0, 0.05) is 6.54 Å². The molecule has 5 heteroatoms. The van der Waals surface area contributed by atoms with Crippen molar-refractivity contribution in [3.05, 3.63) is 29.3 Å². The lowest BCUT2D eigenvalue weighted by Crippen LogP contribution is -2.32. The summed E-state index contributed by atoms with van der Waals surface area (Å²) in [6.45, 7) is 2.40. The number of aliphatic hydroxyl groups is 1. The molecular weight excluding hydrogens is 254 g/mol. The van der Waals surface area contributed by atoms with Crippen LogP contribution in [0.3, 0.4) is 0 Å².